The molecular weight excluding hydrogens is 420 g/mol. The molecule has 2 aliphatic heterocycles. The van der Waals surface area contributed by atoms with Crippen molar-refractivity contribution >= 4 is 5.91 Å². The zero-order chi connectivity index (χ0) is 22.6. The summed E-state index contributed by atoms with van der Waals surface area (Å²) < 4.78 is 10.7. The number of methoxy groups -OCH3 is 1. The summed E-state index contributed by atoms with van der Waals surface area (Å²) in [5.74, 6) is 2.01. The van der Waals surface area contributed by atoms with Crippen LogP contribution in [-0.4, -0.2) is 65.7 Å². The van der Waals surface area contributed by atoms with Crippen LogP contribution in [-0.2, 0) is 11.3 Å². The van der Waals surface area contributed by atoms with Crippen LogP contribution in [0.1, 0.15) is 17.5 Å². The molecule has 3 aromatic rings. The van der Waals surface area contributed by atoms with Crippen molar-refractivity contribution in [1.82, 2.24) is 30.8 Å². The molecule has 0 saturated carbocycles. The maximum atomic E-state index is 13.2. The average molecular weight is 449 g/mol. The first kappa shape index (κ1) is 21.6. The van der Waals surface area contributed by atoms with Crippen molar-refractivity contribution in [3.63, 3.8) is 0 Å². The second-order valence-electron chi connectivity index (χ2n) is 8.36. The first-order valence-electron chi connectivity index (χ1n) is 11.2. The molecule has 2 saturated heterocycles. The molecule has 2 aliphatic rings. The maximum Gasteiger partial charge on any atom is 0.241 e. The van der Waals surface area contributed by atoms with Crippen LogP contribution in [0.4, 0.5) is 0 Å². The topological polar surface area (TPSA) is 95.8 Å². The number of nitrogens with one attached hydrogen (secondary N) is 2. The number of piperazine rings is 1. The highest BCUT2D eigenvalue weighted by Gasteiger charge is 2.37. The third kappa shape index (κ3) is 4.75. The van der Waals surface area contributed by atoms with Gasteiger partial charge in [-0.3, -0.25) is 15.1 Å². The predicted octanol–water partition coefficient (Wildman–Crippen LogP) is 1.85. The number of nitrogens with zero attached hydrogens (tertiary/aromatic N) is 4. The Morgan fingerprint density at radius 1 is 1.09 bits per heavy atom. The van der Waals surface area contributed by atoms with Crippen molar-refractivity contribution in [1.29, 1.82) is 0 Å². The lowest BCUT2D eigenvalue weighted by Crippen LogP contribution is -2.50. The molecule has 2 fully saturated rings. The van der Waals surface area contributed by atoms with Crippen molar-refractivity contribution in [3.8, 4) is 17.1 Å². The fourth-order valence-corrected chi connectivity index (χ4v) is 4.43. The van der Waals surface area contributed by atoms with Crippen LogP contribution in [0.5, 0.6) is 5.75 Å². The first-order valence-corrected chi connectivity index (χ1v) is 11.2. The molecule has 0 bridgehead atoms. The number of aromatic nitrogens is 2. The van der Waals surface area contributed by atoms with Gasteiger partial charge in [0.2, 0.25) is 17.6 Å². The monoisotopic (exact) mass is 448 g/mol. The van der Waals surface area contributed by atoms with Gasteiger partial charge in [0.15, 0.2) is 0 Å². The van der Waals surface area contributed by atoms with Gasteiger partial charge >= 0.3 is 0 Å². The Hall–Kier alpha value is -3.27. The van der Waals surface area contributed by atoms with Crippen LogP contribution in [0.25, 0.3) is 11.4 Å². The van der Waals surface area contributed by atoms with Gasteiger partial charge in [-0.05, 0) is 29.8 Å². The van der Waals surface area contributed by atoms with Crippen LogP contribution in [0.15, 0.2) is 59.1 Å². The third-order valence-corrected chi connectivity index (χ3v) is 6.32. The van der Waals surface area contributed by atoms with Gasteiger partial charge in [0, 0.05) is 38.3 Å². The minimum Gasteiger partial charge on any atom is -0.497 e. The SMILES string of the molecule is COc1ccc(-c2noc(CN3CCN(C(=O)C4CNNC4c4ccccc4)CC3)n2)cc1. The quantitative estimate of drug-likeness (QED) is 0.590. The van der Waals surface area contributed by atoms with E-state index in [4.69, 9.17) is 9.26 Å². The van der Waals surface area contributed by atoms with Crippen molar-refractivity contribution < 1.29 is 14.1 Å². The Balaban J connectivity index is 1.15. The zero-order valence-corrected chi connectivity index (χ0v) is 18.6. The molecule has 9 heteroatoms. The second kappa shape index (κ2) is 9.70. The number of rotatable bonds is 6. The van der Waals surface area contributed by atoms with Crippen LogP contribution < -0.4 is 15.6 Å². The fraction of sp³-hybridized carbons (Fsp3) is 0.375. The van der Waals surface area contributed by atoms with Gasteiger partial charge in [0.25, 0.3) is 0 Å². The second-order valence-corrected chi connectivity index (χ2v) is 8.36. The smallest absolute Gasteiger partial charge is 0.241 e. The molecule has 3 heterocycles. The van der Waals surface area contributed by atoms with E-state index < -0.39 is 0 Å². The summed E-state index contributed by atoms with van der Waals surface area (Å²) in [6, 6.07) is 17.7. The van der Waals surface area contributed by atoms with Gasteiger partial charge < -0.3 is 14.2 Å². The highest BCUT2D eigenvalue weighted by molar-refractivity contribution is 5.80. The molecule has 0 spiro atoms. The minimum atomic E-state index is -0.109. The maximum absolute atomic E-state index is 13.2. The molecular formula is C24H28N6O3. The average Bonchev–Trinajstić information content (AvgIpc) is 3.55. The largest absolute Gasteiger partial charge is 0.497 e. The van der Waals surface area contributed by atoms with Gasteiger partial charge in [0.05, 0.1) is 25.6 Å². The van der Waals surface area contributed by atoms with E-state index in [0.717, 1.165) is 30.0 Å². The zero-order valence-electron chi connectivity index (χ0n) is 18.6. The molecule has 2 aromatic carbocycles. The number of amides is 1. The predicted molar refractivity (Wildman–Crippen MR) is 122 cm³/mol. The lowest BCUT2D eigenvalue weighted by molar-refractivity contribution is -0.137. The number of benzene rings is 2. The van der Waals surface area contributed by atoms with Crippen molar-refractivity contribution in [2.75, 3.05) is 39.8 Å². The molecule has 2 atom stereocenters. The first-order chi connectivity index (χ1) is 16.2. The van der Waals surface area contributed by atoms with Gasteiger partial charge in [0.1, 0.15) is 5.75 Å². The summed E-state index contributed by atoms with van der Waals surface area (Å²) in [5.41, 5.74) is 8.44. The van der Waals surface area contributed by atoms with Gasteiger partial charge in [-0.25, -0.2) is 5.43 Å². The number of carbonyl (C=O) groups excluding carboxylic acids is 1. The molecule has 1 aromatic heterocycles. The Morgan fingerprint density at radius 2 is 1.85 bits per heavy atom. The molecule has 2 N–H and O–H groups in total. The van der Waals surface area contributed by atoms with E-state index in [2.05, 4.69) is 38.0 Å². The summed E-state index contributed by atoms with van der Waals surface area (Å²) in [6.07, 6.45) is 0. The molecule has 2 unspecified atom stereocenters. The number of hydrazine groups is 1. The van der Waals surface area contributed by atoms with E-state index in [0.29, 0.717) is 37.9 Å². The molecule has 0 radical (unpaired) electrons. The van der Waals surface area contributed by atoms with E-state index in [1.807, 2.05) is 47.4 Å². The van der Waals surface area contributed by atoms with Crippen LogP contribution >= 0.6 is 0 Å². The van der Waals surface area contributed by atoms with Crippen molar-refractivity contribution in [2.45, 2.75) is 12.6 Å². The molecule has 172 valence electrons. The van der Waals surface area contributed by atoms with E-state index in [1.54, 1.807) is 7.11 Å². The van der Waals surface area contributed by atoms with E-state index in [9.17, 15) is 4.79 Å². The normalized spacial score (nSPS) is 21.3. The van der Waals surface area contributed by atoms with Gasteiger partial charge in [-0.15, -0.1) is 0 Å². The van der Waals surface area contributed by atoms with E-state index in [1.165, 1.54) is 0 Å². The van der Waals surface area contributed by atoms with Crippen LogP contribution in [0, 0.1) is 5.92 Å². The third-order valence-electron chi connectivity index (χ3n) is 6.32. The molecule has 33 heavy (non-hydrogen) atoms. The van der Waals surface area contributed by atoms with Crippen LogP contribution in [0.2, 0.25) is 0 Å². The Bertz CT molecular complexity index is 1060. The summed E-state index contributed by atoms with van der Waals surface area (Å²) in [6.45, 7) is 4.14. The summed E-state index contributed by atoms with van der Waals surface area (Å²) >= 11 is 0. The Labute approximate surface area is 192 Å². The molecule has 5 rings (SSSR count). The molecule has 0 aliphatic carbocycles. The van der Waals surface area contributed by atoms with Gasteiger partial charge in [-0.2, -0.15) is 4.98 Å². The number of ether oxygens (including phenoxy) is 1. The Kier molecular flexibility index (Phi) is 6.34. The molecule has 1 amide bonds. The summed E-state index contributed by atoms with van der Waals surface area (Å²) in [7, 11) is 1.64. The lowest BCUT2D eigenvalue weighted by Gasteiger charge is -2.36. The minimum absolute atomic E-state index is 0.00787. The van der Waals surface area contributed by atoms with Crippen molar-refractivity contribution in [3.05, 3.63) is 66.1 Å². The number of hydrogen-bond donors (Lipinski definition) is 2. The Morgan fingerprint density at radius 3 is 2.58 bits per heavy atom. The van der Waals surface area contributed by atoms with E-state index >= 15 is 0 Å². The van der Waals surface area contributed by atoms with Crippen LogP contribution in [0.3, 0.4) is 0 Å². The standard InChI is InChI=1S/C24H28N6O3/c1-32-19-9-7-18(8-10-19)23-26-21(33-28-23)16-29-11-13-30(14-12-29)24(31)20-15-25-27-22(20)17-5-3-2-4-6-17/h2-10,20,22,25,27H,11-16H2,1H3. The fourth-order valence-electron chi connectivity index (χ4n) is 4.43. The summed E-state index contributed by atoms with van der Waals surface area (Å²) in [5, 5.41) is 4.11. The van der Waals surface area contributed by atoms with E-state index in [-0.39, 0.29) is 17.9 Å². The molecule has 9 nitrogen and oxygen atoms in total. The highest BCUT2D eigenvalue weighted by atomic mass is 16.5. The number of carbonyl (C=O) groups is 1. The summed E-state index contributed by atoms with van der Waals surface area (Å²) in [4.78, 5) is 22.0. The van der Waals surface area contributed by atoms with Gasteiger partial charge in [-0.1, -0.05) is 35.5 Å². The number of hydrogen-bond acceptors (Lipinski definition) is 8. The van der Waals surface area contributed by atoms with Crippen molar-refractivity contribution in [2.24, 2.45) is 5.92 Å². The lowest BCUT2D eigenvalue weighted by atomic mass is 9.93. The highest BCUT2D eigenvalue weighted by Crippen LogP contribution is 2.27.